The predicted molar refractivity (Wildman–Crippen MR) is 82.8 cm³/mol. The van der Waals surface area contributed by atoms with Gasteiger partial charge in [0.1, 0.15) is 6.10 Å². The molecule has 0 aliphatic heterocycles. The van der Waals surface area contributed by atoms with Crippen molar-refractivity contribution < 1.29 is 9.84 Å². The van der Waals surface area contributed by atoms with Crippen molar-refractivity contribution in [3.05, 3.63) is 35.4 Å². The second-order valence-electron chi connectivity index (χ2n) is 5.97. The maximum Gasteiger partial charge on any atom is 0.105 e. The van der Waals surface area contributed by atoms with Gasteiger partial charge in [0.15, 0.2) is 0 Å². The van der Waals surface area contributed by atoms with E-state index in [1.54, 1.807) is 0 Å². The Balaban J connectivity index is 1.88. The van der Waals surface area contributed by atoms with Gasteiger partial charge in [-0.3, -0.25) is 0 Å². The highest BCUT2D eigenvalue weighted by molar-refractivity contribution is 5.32. The third-order valence-corrected chi connectivity index (χ3v) is 4.51. The van der Waals surface area contributed by atoms with E-state index in [1.165, 1.54) is 31.2 Å². The Bertz CT molecular complexity index is 402. The molecule has 3 unspecified atom stereocenters. The van der Waals surface area contributed by atoms with Crippen LogP contribution in [0, 0.1) is 5.92 Å². The monoisotopic (exact) mass is 276 g/mol. The lowest BCUT2D eigenvalue weighted by molar-refractivity contribution is -0.0610. The third-order valence-electron chi connectivity index (χ3n) is 4.51. The highest BCUT2D eigenvalue weighted by Gasteiger charge is 2.28. The molecule has 0 saturated heterocycles. The number of unbranched alkanes of at least 4 members (excludes halogenated alkanes) is 1. The Morgan fingerprint density at radius 1 is 1.30 bits per heavy atom. The van der Waals surface area contributed by atoms with Crippen LogP contribution in [0.25, 0.3) is 0 Å². The molecule has 20 heavy (non-hydrogen) atoms. The summed E-state index contributed by atoms with van der Waals surface area (Å²) in [7, 11) is 0. The summed E-state index contributed by atoms with van der Waals surface area (Å²) >= 11 is 0. The van der Waals surface area contributed by atoms with Gasteiger partial charge in [-0.05, 0) is 36.3 Å². The van der Waals surface area contributed by atoms with Crippen LogP contribution in [-0.4, -0.2) is 17.8 Å². The van der Waals surface area contributed by atoms with E-state index in [-0.39, 0.29) is 6.10 Å². The van der Waals surface area contributed by atoms with Gasteiger partial charge in [0.05, 0.1) is 6.10 Å². The van der Waals surface area contributed by atoms with E-state index < -0.39 is 6.10 Å². The van der Waals surface area contributed by atoms with Crippen LogP contribution in [0.4, 0.5) is 0 Å². The van der Waals surface area contributed by atoms with Crippen LogP contribution >= 0.6 is 0 Å². The van der Waals surface area contributed by atoms with E-state index >= 15 is 0 Å². The number of rotatable bonds is 7. The first kappa shape index (κ1) is 15.5. The van der Waals surface area contributed by atoms with Gasteiger partial charge in [0, 0.05) is 6.61 Å². The molecule has 0 spiro atoms. The van der Waals surface area contributed by atoms with Crippen molar-refractivity contribution in [3.63, 3.8) is 0 Å². The molecule has 1 aromatic rings. The summed E-state index contributed by atoms with van der Waals surface area (Å²) in [5, 5.41) is 10.5. The normalized spacial score (nSPS) is 23.4. The largest absolute Gasteiger partial charge is 0.386 e. The zero-order valence-electron chi connectivity index (χ0n) is 12.8. The van der Waals surface area contributed by atoms with Crippen molar-refractivity contribution in [2.75, 3.05) is 6.61 Å². The molecule has 0 fully saturated rings. The van der Waals surface area contributed by atoms with Gasteiger partial charge in [0.2, 0.25) is 0 Å². The molecule has 0 saturated carbocycles. The number of benzene rings is 1. The maximum atomic E-state index is 10.5. The standard InChI is InChI=1S/C18H28O2/c1-3-5-8-14(4-2)13-20-17-12-11-15-9-6-7-10-16(15)18(17)19/h6-7,9-10,14,17-19H,3-5,8,11-13H2,1-2H3. The van der Waals surface area contributed by atoms with Crippen LogP contribution in [0.2, 0.25) is 0 Å². The number of aliphatic hydroxyl groups is 1. The van der Waals surface area contributed by atoms with Crippen LogP contribution in [0.5, 0.6) is 0 Å². The number of fused-ring (bicyclic) bond motifs is 1. The number of hydrogen-bond donors (Lipinski definition) is 1. The fourth-order valence-electron chi connectivity index (χ4n) is 3.04. The number of ether oxygens (including phenoxy) is 1. The van der Waals surface area contributed by atoms with Crippen molar-refractivity contribution in [1.29, 1.82) is 0 Å². The SMILES string of the molecule is CCCCC(CC)COC1CCc2ccccc2C1O. The van der Waals surface area contributed by atoms with Crippen LogP contribution < -0.4 is 0 Å². The lowest BCUT2D eigenvalue weighted by Crippen LogP contribution is -2.29. The molecule has 3 atom stereocenters. The fraction of sp³-hybridized carbons (Fsp3) is 0.667. The third kappa shape index (κ3) is 3.83. The fourth-order valence-corrected chi connectivity index (χ4v) is 3.04. The molecule has 1 N–H and O–H groups in total. The first-order valence-electron chi connectivity index (χ1n) is 8.13. The van der Waals surface area contributed by atoms with Gasteiger partial charge in [-0.2, -0.15) is 0 Å². The molecule has 2 heteroatoms. The summed E-state index contributed by atoms with van der Waals surface area (Å²) in [4.78, 5) is 0. The minimum Gasteiger partial charge on any atom is -0.386 e. The van der Waals surface area contributed by atoms with E-state index in [0.717, 1.165) is 25.0 Å². The Morgan fingerprint density at radius 3 is 2.85 bits per heavy atom. The van der Waals surface area contributed by atoms with Gasteiger partial charge in [-0.15, -0.1) is 0 Å². The smallest absolute Gasteiger partial charge is 0.105 e. The van der Waals surface area contributed by atoms with Crippen molar-refractivity contribution in [1.82, 2.24) is 0 Å². The van der Waals surface area contributed by atoms with Crippen LogP contribution in [0.3, 0.4) is 0 Å². The minimum atomic E-state index is -0.455. The molecule has 1 aromatic carbocycles. The summed E-state index contributed by atoms with van der Waals surface area (Å²) < 4.78 is 6.05. The van der Waals surface area contributed by atoms with Crippen molar-refractivity contribution in [3.8, 4) is 0 Å². The first-order chi connectivity index (χ1) is 9.76. The lowest BCUT2D eigenvalue weighted by Gasteiger charge is -2.31. The van der Waals surface area contributed by atoms with E-state index in [9.17, 15) is 5.11 Å². The van der Waals surface area contributed by atoms with Crippen LogP contribution in [0.15, 0.2) is 24.3 Å². The molecule has 0 aromatic heterocycles. The van der Waals surface area contributed by atoms with Gasteiger partial charge < -0.3 is 9.84 Å². The van der Waals surface area contributed by atoms with Crippen LogP contribution in [0.1, 0.15) is 63.2 Å². The Morgan fingerprint density at radius 2 is 2.10 bits per heavy atom. The van der Waals surface area contributed by atoms with E-state index in [2.05, 4.69) is 19.9 Å². The quantitative estimate of drug-likeness (QED) is 0.806. The highest BCUT2D eigenvalue weighted by atomic mass is 16.5. The molecule has 0 bridgehead atoms. The van der Waals surface area contributed by atoms with Gasteiger partial charge in [-0.25, -0.2) is 0 Å². The lowest BCUT2D eigenvalue weighted by atomic mass is 9.87. The van der Waals surface area contributed by atoms with Crippen LogP contribution in [-0.2, 0) is 11.2 Å². The second kappa shape index (κ2) is 7.80. The Kier molecular flexibility index (Phi) is 6.06. The summed E-state index contributed by atoms with van der Waals surface area (Å²) in [5.41, 5.74) is 2.34. The van der Waals surface area contributed by atoms with E-state index in [1.807, 2.05) is 18.2 Å². The van der Waals surface area contributed by atoms with Gasteiger partial charge in [0.25, 0.3) is 0 Å². The highest BCUT2D eigenvalue weighted by Crippen LogP contribution is 2.32. The first-order valence-corrected chi connectivity index (χ1v) is 8.13. The number of aliphatic hydroxyl groups excluding tert-OH is 1. The molecule has 1 aliphatic rings. The topological polar surface area (TPSA) is 29.5 Å². The average molecular weight is 276 g/mol. The number of aryl methyl sites for hydroxylation is 1. The molecular weight excluding hydrogens is 248 g/mol. The average Bonchev–Trinajstić information content (AvgIpc) is 2.49. The van der Waals surface area contributed by atoms with Gasteiger partial charge in [-0.1, -0.05) is 57.4 Å². The summed E-state index contributed by atoms with van der Waals surface area (Å²) in [6.07, 6.45) is 6.40. The van der Waals surface area contributed by atoms with Crippen molar-refractivity contribution in [2.45, 2.75) is 64.6 Å². The minimum absolute atomic E-state index is 0.0272. The molecule has 0 radical (unpaired) electrons. The van der Waals surface area contributed by atoms with E-state index in [4.69, 9.17) is 4.74 Å². The predicted octanol–water partition coefficient (Wildman–Crippen LogP) is 4.27. The molecule has 2 rings (SSSR count). The Labute approximate surface area is 123 Å². The zero-order valence-corrected chi connectivity index (χ0v) is 12.8. The molecule has 112 valence electrons. The maximum absolute atomic E-state index is 10.5. The Hall–Kier alpha value is -0.860. The van der Waals surface area contributed by atoms with Crippen molar-refractivity contribution >= 4 is 0 Å². The number of hydrogen-bond acceptors (Lipinski definition) is 2. The molecule has 0 heterocycles. The van der Waals surface area contributed by atoms with Gasteiger partial charge >= 0.3 is 0 Å². The van der Waals surface area contributed by atoms with E-state index in [0.29, 0.717) is 5.92 Å². The summed E-state index contributed by atoms with van der Waals surface area (Å²) in [6, 6.07) is 8.19. The molecule has 1 aliphatic carbocycles. The molecular formula is C18H28O2. The summed E-state index contributed by atoms with van der Waals surface area (Å²) in [6.45, 7) is 5.26. The zero-order chi connectivity index (χ0) is 14.4. The second-order valence-corrected chi connectivity index (χ2v) is 5.97. The molecule has 2 nitrogen and oxygen atoms in total. The molecule has 0 amide bonds. The summed E-state index contributed by atoms with van der Waals surface area (Å²) in [5.74, 6) is 0.638. The van der Waals surface area contributed by atoms with Crippen molar-refractivity contribution in [2.24, 2.45) is 5.92 Å².